The van der Waals surface area contributed by atoms with Gasteiger partial charge >= 0.3 is 0 Å². The highest BCUT2D eigenvalue weighted by molar-refractivity contribution is 7.13. The average molecular weight is 459 g/mol. The zero-order valence-corrected chi connectivity index (χ0v) is 18.4. The highest BCUT2D eigenvalue weighted by Gasteiger charge is 2.25. The summed E-state index contributed by atoms with van der Waals surface area (Å²) in [6.45, 7) is 0. The molecule has 9 heteroatoms. The molecule has 1 unspecified atom stereocenters. The van der Waals surface area contributed by atoms with Crippen LogP contribution in [0, 0.1) is 5.82 Å². The topological polar surface area (TPSA) is 77.6 Å². The van der Waals surface area contributed by atoms with Gasteiger partial charge in [0.05, 0.1) is 10.6 Å². The van der Waals surface area contributed by atoms with Crippen molar-refractivity contribution >= 4 is 17.2 Å². The molecule has 33 heavy (non-hydrogen) atoms. The summed E-state index contributed by atoms with van der Waals surface area (Å²) >= 11 is 1.46. The SMILES string of the molecule is Cn1ccnc1C(NC(=O)c1nc(-c2cccs2)n(-c2cccc(F)c2)n1)c1ccccc1. The van der Waals surface area contributed by atoms with E-state index in [0.717, 1.165) is 10.4 Å². The van der Waals surface area contributed by atoms with Crippen LogP contribution in [-0.4, -0.2) is 30.2 Å². The van der Waals surface area contributed by atoms with E-state index in [-0.39, 0.29) is 5.82 Å². The van der Waals surface area contributed by atoms with E-state index in [1.807, 2.05) is 65.7 Å². The Morgan fingerprint density at radius 1 is 1.09 bits per heavy atom. The number of halogens is 1. The third-order valence-corrected chi connectivity index (χ3v) is 6.00. The van der Waals surface area contributed by atoms with Crippen LogP contribution in [0.4, 0.5) is 4.39 Å². The molecule has 0 spiro atoms. The Labute approximate surface area is 193 Å². The first-order valence-corrected chi connectivity index (χ1v) is 11.1. The lowest BCUT2D eigenvalue weighted by Crippen LogP contribution is -2.32. The molecule has 0 aliphatic carbocycles. The number of aryl methyl sites for hydroxylation is 1. The lowest BCUT2D eigenvalue weighted by molar-refractivity contribution is 0.0930. The van der Waals surface area contributed by atoms with Gasteiger partial charge in [0.2, 0.25) is 5.82 Å². The van der Waals surface area contributed by atoms with Gasteiger partial charge in [-0.3, -0.25) is 4.79 Å². The van der Waals surface area contributed by atoms with E-state index in [2.05, 4.69) is 20.4 Å². The Kier molecular flexibility index (Phi) is 5.54. The van der Waals surface area contributed by atoms with Gasteiger partial charge in [0.15, 0.2) is 5.82 Å². The van der Waals surface area contributed by atoms with Crippen LogP contribution in [0.25, 0.3) is 16.4 Å². The van der Waals surface area contributed by atoms with E-state index < -0.39 is 17.8 Å². The first kappa shape index (κ1) is 20.8. The van der Waals surface area contributed by atoms with Crippen molar-refractivity contribution in [3.8, 4) is 16.4 Å². The minimum atomic E-state index is -0.495. The van der Waals surface area contributed by atoms with Crippen LogP contribution in [0.2, 0.25) is 0 Å². The van der Waals surface area contributed by atoms with Gasteiger partial charge in [-0.25, -0.2) is 19.0 Å². The lowest BCUT2D eigenvalue weighted by atomic mass is 10.1. The molecule has 0 saturated carbocycles. The molecule has 1 N–H and O–H groups in total. The molecule has 5 aromatic rings. The van der Waals surface area contributed by atoms with Gasteiger partial charge in [-0.15, -0.1) is 16.4 Å². The second kappa shape index (κ2) is 8.79. The fourth-order valence-corrected chi connectivity index (χ4v) is 4.25. The van der Waals surface area contributed by atoms with Crippen LogP contribution in [-0.2, 0) is 7.05 Å². The van der Waals surface area contributed by atoms with Crippen molar-refractivity contribution in [2.45, 2.75) is 6.04 Å². The summed E-state index contributed by atoms with van der Waals surface area (Å²) in [4.78, 5) is 23.1. The van der Waals surface area contributed by atoms with Crippen LogP contribution in [0.15, 0.2) is 84.5 Å². The van der Waals surface area contributed by atoms with Gasteiger partial charge in [0, 0.05) is 19.4 Å². The van der Waals surface area contributed by atoms with E-state index in [9.17, 15) is 9.18 Å². The summed E-state index contributed by atoms with van der Waals surface area (Å²) in [6.07, 6.45) is 3.51. The predicted molar refractivity (Wildman–Crippen MR) is 124 cm³/mol. The van der Waals surface area contributed by atoms with Gasteiger partial charge < -0.3 is 9.88 Å². The highest BCUT2D eigenvalue weighted by atomic mass is 32.1. The number of amides is 1. The number of rotatable bonds is 6. The Morgan fingerprint density at radius 3 is 2.64 bits per heavy atom. The molecule has 0 bridgehead atoms. The largest absolute Gasteiger partial charge is 0.336 e. The number of thiophene rings is 1. The molecule has 3 heterocycles. The van der Waals surface area contributed by atoms with Gasteiger partial charge in [-0.05, 0) is 35.2 Å². The third-order valence-electron chi connectivity index (χ3n) is 5.13. The van der Waals surface area contributed by atoms with Crippen molar-refractivity contribution in [3.05, 3.63) is 108 Å². The summed E-state index contributed by atoms with van der Waals surface area (Å²) in [5.41, 5.74) is 1.36. The van der Waals surface area contributed by atoms with E-state index in [1.54, 1.807) is 18.3 Å². The van der Waals surface area contributed by atoms with Gasteiger partial charge in [0.25, 0.3) is 5.91 Å². The quantitative estimate of drug-likeness (QED) is 0.409. The monoisotopic (exact) mass is 458 g/mol. The minimum Gasteiger partial charge on any atom is -0.336 e. The number of carbonyl (C=O) groups excluding carboxylic acids is 1. The number of nitrogens with one attached hydrogen (secondary N) is 1. The summed E-state index contributed by atoms with van der Waals surface area (Å²) in [5.74, 6) is 0.272. The van der Waals surface area contributed by atoms with E-state index in [1.165, 1.54) is 28.2 Å². The van der Waals surface area contributed by atoms with Crippen molar-refractivity contribution in [2.75, 3.05) is 0 Å². The minimum absolute atomic E-state index is 0.0159. The molecule has 3 aromatic heterocycles. The molecular weight excluding hydrogens is 439 g/mol. The zero-order valence-electron chi connectivity index (χ0n) is 17.6. The highest BCUT2D eigenvalue weighted by Crippen LogP contribution is 2.26. The predicted octanol–water partition coefficient (Wildman–Crippen LogP) is 4.39. The average Bonchev–Trinajstić information content (AvgIpc) is 3.58. The van der Waals surface area contributed by atoms with Crippen molar-refractivity contribution in [2.24, 2.45) is 7.05 Å². The molecule has 0 fully saturated rings. The maximum Gasteiger partial charge on any atom is 0.291 e. The molecule has 0 aliphatic rings. The van der Waals surface area contributed by atoms with Crippen molar-refractivity contribution in [3.63, 3.8) is 0 Å². The molecule has 1 amide bonds. The third kappa shape index (κ3) is 4.18. The maximum absolute atomic E-state index is 13.9. The van der Waals surface area contributed by atoms with E-state index >= 15 is 0 Å². The summed E-state index contributed by atoms with van der Waals surface area (Å²) in [7, 11) is 1.87. The van der Waals surface area contributed by atoms with Crippen molar-refractivity contribution < 1.29 is 9.18 Å². The zero-order chi connectivity index (χ0) is 22.8. The number of benzene rings is 2. The second-order valence-electron chi connectivity index (χ2n) is 7.34. The first-order chi connectivity index (χ1) is 16.1. The van der Waals surface area contributed by atoms with Gasteiger partial charge in [-0.2, -0.15) is 0 Å². The van der Waals surface area contributed by atoms with Gasteiger partial charge in [-0.1, -0.05) is 42.5 Å². The smallest absolute Gasteiger partial charge is 0.291 e. The van der Waals surface area contributed by atoms with Crippen LogP contribution >= 0.6 is 11.3 Å². The Bertz CT molecular complexity index is 1390. The molecule has 2 aromatic carbocycles. The number of nitrogens with zero attached hydrogens (tertiary/aromatic N) is 5. The van der Waals surface area contributed by atoms with Crippen LogP contribution in [0.3, 0.4) is 0 Å². The number of aromatic nitrogens is 5. The Balaban J connectivity index is 1.54. The van der Waals surface area contributed by atoms with Crippen LogP contribution in [0.1, 0.15) is 28.0 Å². The molecule has 164 valence electrons. The first-order valence-electron chi connectivity index (χ1n) is 10.2. The molecule has 0 radical (unpaired) electrons. The molecule has 0 aliphatic heterocycles. The molecular formula is C24H19FN6OS. The standard InChI is InChI=1S/C24H19FN6OS/c1-30-13-12-26-23(30)20(16-7-3-2-4-8-16)27-24(32)21-28-22(19-11-6-14-33-19)31(29-21)18-10-5-9-17(25)15-18/h2-15,20H,1H3,(H,27,32). The lowest BCUT2D eigenvalue weighted by Gasteiger charge is -2.18. The Morgan fingerprint density at radius 2 is 1.94 bits per heavy atom. The van der Waals surface area contributed by atoms with Crippen molar-refractivity contribution in [1.29, 1.82) is 0 Å². The fourth-order valence-electron chi connectivity index (χ4n) is 3.55. The Hall–Kier alpha value is -4.11. The second-order valence-corrected chi connectivity index (χ2v) is 8.29. The molecule has 7 nitrogen and oxygen atoms in total. The van der Waals surface area contributed by atoms with Crippen LogP contribution < -0.4 is 5.32 Å². The maximum atomic E-state index is 13.9. The molecule has 0 saturated heterocycles. The number of imidazole rings is 1. The van der Waals surface area contributed by atoms with E-state index in [4.69, 9.17) is 0 Å². The normalized spacial score (nSPS) is 11.9. The summed E-state index contributed by atoms with van der Waals surface area (Å²) < 4.78 is 17.2. The van der Waals surface area contributed by atoms with E-state index in [0.29, 0.717) is 17.3 Å². The number of hydrogen-bond donors (Lipinski definition) is 1. The van der Waals surface area contributed by atoms with Gasteiger partial charge in [0.1, 0.15) is 17.7 Å². The molecule has 1 atom stereocenters. The van der Waals surface area contributed by atoms with Crippen LogP contribution in [0.5, 0.6) is 0 Å². The summed E-state index contributed by atoms with van der Waals surface area (Å²) in [6, 6.07) is 18.9. The number of carbonyl (C=O) groups is 1. The molecule has 5 rings (SSSR count). The van der Waals surface area contributed by atoms with Crippen molar-refractivity contribution in [1.82, 2.24) is 29.6 Å². The summed E-state index contributed by atoms with van der Waals surface area (Å²) in [5, 5.41) is 9.35. The fraction of sp³-hybridized carbons (Fsp3) is 0.0833. The number of hydrogen-bond acceptors (Lipinski definition) is 5.